The van der Waals surface area contributed by atoms with Crippen molar-refractivity contribution >= 4 is 11.9 Å². The van der Waals surface area contributed by atoms with Gasteiger partial charge in [-0.15, -0.1) is 0 Å². The lowest BCUT2D eigenvalue weighted by Crippen LogP contribution is -2.14. The van der Waals surface area contributed by atoms with Crippen molar-refractivity contribution in [3.05, 3.63) is 47.3 Å². The third-order valence-corrected chi connectivity index (χ3v) is 2.80. The zero-order valence-corrected chi connectivity index (χ0v) is 13.0. The first-order valence-electron chi connectivity index (χ1n) is 7.11. The van der Waals surface area contributed by atoms with Gasteiger partial charge in [0, 0.05) is 0 Å². The number of furan rings is 2. The van der Waals surface area contributed by atoms with Gasteiger partial charge in [-0.2, -0.15) is 0 Å². The highest BCUT2D eigenvalue weighted by Crippen LogP contribution is 2.08. The lowest BCUT2D eigenvalue weighted by atomic mass is 10.4. The minimum absolute atomic E-state index is 0.0872. The third kappa shape index (κ3) is 5.30. The summed E-state index contributed by atoms with van der Waals surface area (Å²) in [5.41, 5.74) is 0. The van der Waals surface area contributed by atoms with Crippen LogP contribution in [0.2, 0.25) is 0 Å². The first-order valence-corrected chi connectivity index (χ1v) is 7.11. The average molecular weight is 322 g/mol. The molecule has 2 aromatic rings. The molecular weight excluding hydrogens is 304 g/mol. The van der Waals surface area contributed by atoms with Crippen molar-refractivity contribution in [3.63, 3.8) is 0 Å². The van der Waals surface area contributed by atoms with Gasteiger partial charge in [0.1, 0.15) is 24.7 Å². The Morgan fingerprint density at radius 1 is 0.783 bits per heavy atom. The van der Waals surface area contributed by atoms with Gasteiger partial charge in [-0.05, 0) is 38.1 Å². The van der Waals surface area contributed by atoms with Gasteiger partial charge in [0.15, 0.2) is 0 Å². The predicted molar refractivity (Wildman–Crippen MR) is 78.3 cm³/mol. The van der Waals surface area contributed by atoms with Crippen LogP contribution in [0.1, 0.15) is 32.6 Å². The second kappa shape index (κ2) is 8.19. The standard InChI is InChI=1S/C16H18O7/c1-11-3-5-13(22-11)15(17)20-9-7-19-8-10-21-16(18)14-6-4-12(2)23-14/h3-6H,7-10H2,1-2H3. The molecule has 7 nitrogen and oxygen atoms in total. The highest BCUT2D eigenvalue weighted by Gasteiger charge is 2.12. The first kappa shape index (κ1) is 16.8. The topological polar surface area (TPSA) is 88.1 Å². The molecule has 0 N–H and O–H groups in total. The molecule has 124 valence electrons. The predicted octanol–water partition coefficient (Wildman–Crippen LogP) is 2.52. The normalized spacial score (nSPS) is 10.5. The van der Waals surface area contributed by atoms with Crippen LogP contribution in [0.3, 0.4) is 0 Å². The van der Waals surface area contributed by atoms with Crippen LogP contribution in [0, 0.1) is 13.8 Å². The van der Waals surface area contributed by atoms with E-state index in [1.807, 2.05) is 0 Å². The summed E-state index contributed by atoms with van der Waals surface area (Å²) in [6, 6.07) is 6.46. The van der Waals surface area contributed by atoms with Crippen molar-refractivity contribution in [1.82, 2.24) is 0 Å². The van der Waals surface area contributed by atoms with Crippen molar-refractivity contribution in [2.75, 3.05) is 26.4 Å². The summed E-state index contributed by atoms with van der Waals surface area (Å²) >= 11 is 0. The molecule has 0 aliphatic carbocycles. The third-order valence-electron chi connectivity index (χ3n) is 2.80. The molecule has 0 aromatic carbocycles. The molecule has 2 heterocycles. The fraction of sp³-hybridized carbons (Fsp3) is 0.375. The van der Waals surface area contributed by atoms with Gasteiger partial charge in [-0.1, -0.05) is 0 Å². The minimum Gasteiger partial charge on any atom is -0.457 e. The van der Waals surface area contributed by atoms with Gasteiger partial charge >= 0.3 is 11.9 Å². The molecule has 0 saturated carbocycles. The highest BCUT2D eigenvalue weighted by molar-refractivity contribution is 5.86. The Balaban J connectivity index is 1.52. The molecule has 0 bridgehead atoms. The first-order chi connectivity index (χ1) is 11.1. The van der Waals surface area contributed by atoms with Crippen LogP contribution in [0.15, 0.2) is 33.1 Å². The highest BCUT2D eigenvalue weighted by atomic mass is 16.6. The molecule has 0 unspecified atom stereocenters. The maximum atomic E-state index is 11.5. The summed E-state index contributed by atoms with van der Waals surface area (Å²) in [5.74, 6) is 0.515. The fourth-order valence-corrected chi connectivity index (χ4v) is 1.72. The Morgan fingerprint density at radius 2 is 1.22 bits per heavy atom. The summed E-state index contributed by atoms with van der Waals surface area (Å²) in [6.07, 6.45) is 0. The summed E-state index contributed by atoms with van der Waals surface area (Å²) in [4.78, 5) is 23.1. The van der Waals surface area contributed by atoms with Crippen molar-refractivity contribution in [2.24, 2.45) is 0 Å². The Labute approximate surface area is 133 Å². The molecule has 2 aromatic heterocycles. The van der Waals surface area contributed by atoms with E-state index in [2.05, 4.69) is 0 Å². The maximum Gasteiger partial charge on any atom is 0.374 e. The molecule has 23 heavy (non-hydrogen) atoms. The molecule has 0 saturated heterocycles. The van der Waals surface area contributed by atoms with Crippen molar-refractivity contribution in [2.45, 2.75) is 13.8 Å². The molecule has 0 aliphatic heterocycles. The summed E-state index contributed by atoms with van der Waals surface area (Å²) in [7, 11) is 0. The van der Waals surface area contributed by atoms with Crippen LogP contribution in [0.5, 0.6) is 0 Å². The molecule has 0 fully saturated rings. The number of aryl methyl sites for hydroxylation is 2. The van der Waals surface area contributed by atoms with Crippen LogP contribution in [0.25, 0.3) is 0 Å². The Bertz CT molecular complexity index is 597. The zero-order valence-electron chi connectivity index (χ0n) is 13.0. The smallest absolute Gasteiger partial charge is 0.374 e. The monoisotopic (exact) mass is 322 g/mol. The van der Waals surface area contributed by atoms with E-state index >= 15 is 0 Å². The van der Waals surface area contributed by atoms with Crippen molar-refractivity contribution < 1.29 is 32.6 Å². The van der Waals surface area contributed by atoms with Gasteiger partial charge in [-0.3, -0.25) is 0 Å². The van der Waals surface area contributed by atoms with Crippen LogP contribution in [0.4, 0.5) is 0 Å². The molecule has 0 spiro atoms. The van der Waals surface area contributed by atoms with Gasteiger partial charge in [0.2, 0.25) is 11.5 Å². The van der Waals surface area contributed by atoms with E-state index in [1.54, 1.807) is 38.1 Å². The van der Waals surface area contributed by atoms with E-state index in [1.165, 1.54) is 0 Å². The largest absolute Gasteiger partial charge is 0.457 e. The van der Waals surface area contributed by atoms with Gasteiger partial charge in [-0.25, -0.2) is 9.59 Å². The zero-order chi connectivity index (χ0) is 16.7. The minimum atomic E-state index is -0.540. The Kier molecular flexibility index (Phi) is 5.99. The number of carbonyl (C=O) groups is 2. The number of carbonyl (C=O) groups excluding carboxylic acids is 2. The summed E-state index contributed by atoms with van der Waals surface area (Å²) in [5, 5.41) is 0. The summed E-state index contributed by atoms with van der Waals surface area (Å²) in [6.45, 7) is 4.05. The van der Waals surface area contributed by atoms with Gasteiger partial charge in [0.25, 0.3) is 0 Å². The van der Waals surface area contributed by atoms with E-state index in [-0.39, 0.29) is 37.9 Å². The van der Waals surface area contributed by atoms with E-state index in [0.717, 1.165) is 0 Å². The van der Waals surface area contributed by atoms with Gasteiger partial charge in [0.05, 0.1) is 13.2 Å². The molecule has 0 radical (unpaired) electrons. The Hall–Kier alpha value is -2.54. The van der Waals surface area contributed by atoms with Crippen molar-refractivity contribution in [1.29, 1.82) is 0 Å². The van der Waals surface area contributed by atoms with E-state index in [9.17, 15) is 9.59 Å². The Morgan fingerprint density at radius 3 is 1.57 bits per heavy atom. The molecule has 0 aliphatic rings. The van der Waals surface area contributed by atoms with E-state index in [0.29, 0.717) is 11.5 Å². The second-order valence-electron chi connectivity index (χ2n) is 4.70. The molecule has 0 amide bonds. The lowest BCUT2D eigenvalue weighted by molar-refractivity contribution is 0.0123. The van der Waals surface area contributed by atoms with E-state index in [4.69, 9.17) is 23.0 Å². The number of rotatable bonds is 8. The molecular formula is C16H18O7. The summed E-state index contributed by atoms with van der Waals surface area (Å²) < 4.78 is 25.4. The van der Waals surface area contributed by atoms with Crippen LogP contribution in [-0.2, 0) is 14.2 Å². The van der Waals surface area contributed by atoms with Gasteiger partial charge < -0.3 is 23.0 Å². The van der Waals surface area contributed by atoms with Crippen LogP contribution in [-0.4, -0.2) is 38.4 Å². The number of ether oxygens (including phenoxy) is 3. The number of hydrogen-bond acceptors (Lipinski definition) is 7. The van der Waals surface area contributed by atoms with Crippen LogP contribution < -0.4 is 0 Å². The number of hydrogen-bond donors (Lipinski definition) is 0. The van der Waals surface area contributed by atoms with Crippen LogP contribution >= 0.6 is 0 Å². The van der Waals surface area contributed by atoms with E-state index < -0.39 is 11.9 Å². The SMILES string of the molecule is Cc1ccc(C(=O)OCCOCCOC(=O)c2ccc(C)o2)o1. The molecule has 2 rings (SSSR count). The molecule has 7 heteroatoms. The maximum absolute atomic E-state index is 11.5. The quantitative estimate of drug-likeness (QED) is 0.545. The van der Waals surface area contributed by atoms with Crippen molar-refractivity contribution in [3.8, 4) is 0 Å². The lowest BCUT2D eigenvalue weighted by Gasteiger charge is -2.05. The second-order valence-corrected chi connectivity index (χ2v) is 4.70. The molecule has 0 atom stereocenters. The number of esters is 2. The fourth-order valence-electron chi connectivity index (χ4n) is 1.72. The average Bonchev–Trinajstić information content (AvgIpc) is 3.14.